The van der Waals surface area contributed by atoms with Crippen molar-refractivity contribution in [3.63, 3.8) is 0 Å². The number of aromatic nitrogens is 2. The molecular formula is C19H29N3O3. The van der Waals surface area contributed by atoms with E-state index < -0.39 is 0 Å². The molecular weight excluding hydrogens is 318 g/mol. The average Bonchev–Trinajstić information content (AvgIpc) is 2.61. The summed E-state index contributed by atoms with van der Waals surface area (Å²) >= 11 is 0. The first kappa shape index (κ1) is 19.3. The van der Waals surface area contributed by atoms with Gasteiger partial charge in [0.15, 0.2) is 11.5 Å². The quantitative estimate of drug-likeness (QED) is 0.683. The molecule has 0 N–H and O–H groups in total. The van der Waals surface area contributed by atoms with E-state index in [4.69, 9.17) is 4.74 Å². The van der Waals surface area contributed by atoms with Gasteiger partial charge in [-0.1, -0.05) is 13.8 Å². The highest BCUT2D eigenvalue weighted by atomic mass is 16.5. The Balaban J connectivity index is 1.72. The lowest BCUT2D eigenvalue weighted by Crippen LogP contribution is -2.34. The van der Waals surface area contributed by atoms with Gasteiger partial charge in [0.05, 0.1) is 12.4 Å². The van der Waals surface area contributed by atoms with E-state index in [-0.39, 0.29) is 18.3 Å². The van der Waals surface area contributed by atoms with Gasteiger partial charge in [-0.2, -0.15) is 0 Å². The van der Waals surface area contributed by atoms with E-state index in [1.54, 1.807) is 12.4 Å². The van der Waals surface area contributed by atoms with E-state index >= 15 is 0 Å². The number of hydrogen-bond donors (Lipinski definition) is 0. The molecule has 0 saturated carbocycles. The monoisotopic (exact) mass is 347 g/mol. The van der Waals surface area contributed by atoms with E-state index in [1.165, 1.54) is 6.92 Å². The molecule has 1 aliphatic heterocycles. The van der Waals surface area contributed by atoms with Crippen molar-refractivity contribution in [2.75, 3.05) is 24.6 Å². The Labute approximate surface area is 150 Å². The van der Waals surface area contributed by atoms with Gasteiger partial charge in [-0.15, -0.1) is 0 Å². The molecule has 0 atom stereocenters. The number of nitrogens with zero attached hydrogens (tertiary/aromatic N) is 3. The van der Waals surface area contributed by atoms with Crippen LogP contribution in [0.1, 0.15) is 52.9 Å². The van der Waals surface area contributed by atoms with Crippen LogP contribution in [0.15, 0.2) is 12.4 Å². The summed E-state index contributed by atoms with van der Waals surface area (Å²) in [7, 11) is 0. The highest BCUT2D eigenvalue weighted by molar-refractivity contribution is 5.80. The van der Waals surface area contributed by atoms with Crippen LogP contribution >= 0.6 is 0 Å². The number of piperidine rings is 1. The smallest absolute Gasteiger partial charge is 0.225 e. The lowest BCUT2D eigenvalue weighted by molar-refractivity contribution is -0.122. The second-order valence-electron chi connectivity index (χ2n) is 7.15. The van der Waals surface area contributed by atoms with Crippen LogP contribution in [0.4, 0.5) is 5.95 Å². The van der Waals surface area contributed by atoms with Crippen LogP contribution in [0.2, 0.25) is 0 Å². The fraction of sp³-hybridized carbons (Fsp3) is 0.684. The molecule has 2 rings (SSSR count). The first-order valence-electron chi connectivity index (χ1n) is 9.17. The third-order valence-electron chi connectivity index (χ3n) is 4.63. The predicted octanol–water partition coefficient (Wildman–Crippen LogP) is 3.06. The van der Waals surface area contributed by atoms with Crippen LogP contribution in [0.5, 0.6) is 5.75 Å². The van der Waals surface area contributed by atoms with Gasteiger partial charge < -0.3 is 9.64 Å². The molecule has 1 saturated heterocycles. The first-order valence-corrected chi connectivity index (χ1v) is 9.17. The molecule has 2 heterocycles. The van der Waals surface area contributed by atoms with Gasteiger partial charge in [-0.25, -0.2) is 9.97 Å². The van der Waals surface area contributed by atoms with Gasteiger partial charge in [0.25, 0.3) is 0 Å². The summed E-state index contributed by atoms with van der Waals surface area (Å²) < 4.78 is 5.29. The van der Waals surface area contributed by atoms with Gasteiger partial charge in [0.2, 0.25) is 5.95 Å². The highest BCUT2D eigenvalue weighted by Gasteiger charge is 2.21. The van der Waals surface area contributed by atoms with Gasteiger partial charge in [-0.05, 0) is 38.5 Å². The fourth-order valence-electron chi connectivity index (χ4n) is 3.01. The Bertz CT molecular complexity index is 564. The molecule has 6 nitrogen and oxygen atoms in total. The molecule has 0 aliphatic carbocycles. The molecule has 0 spiro atoms. The highest BCUT2D eigenvalue weighted by Crippen LogP contribution is 2.25. The summed E-state index contributed by atoms with van der Waals surface area (Å²) in [5.41, 5.74) is 0. The van der Waals surface area contributed by atoms with Crippen LogP contribution in [-0.4, -0.2) is 41.2 Å². The number of carbonyl (C=O) groups excluding carboxylic acids is 2. The Morgan fingerprint density at radius 1 is 1.24 bits per heavy atom. The summed E-state index contributed by atoms with van der Waals surface area (Å²) in [6, 6.07) is 0. The molecule has 1 aromatic heterocycles. The third kappa shape index (κ3) is 6.44. The maximum atomic E-state index is 11.7. The predicted molar refractivity (Wildman–Crippen MR) is 96.8 cm³/mol. The Hall–Kier alpha value is -1.98. The number of rotatable bonds is 9. The van der Waals surface area contributed by atoms with E-state index in [2.05, 4.69) is 14.9 Å². The standard InChI is InChI=1S/C19H29N3O3/c1-14(2)18(24)6-4-5-16-7-9-22(10-8-16)19-20-11-17(12-21-19)25-13-15(3)23/h11-12,14,16H,4-10,13H2,1-3H3. The minimum absolute atomic E-state index is 0.0266. The molecule has 0 aromatic carbocycles. The van der Waals surface area contributed by atoms with E-state index in [9.17, 15) is 9.59 Å². The zero-order valence-electron chi connectivity index (χ0n) is 15.5. The van der Waals surface area contributed by atoms with Crippen LogP contribution in [0.25, 0.3) is 0 Å². The maximum Gasteiger partial charge on any atom is 0.225 e. The second-order valence-corrected chi connectivity index (χ2v) is 7.15. The summed E-state index contributed by atoms with van der Waals surface area (Å²) in [4.78, 5) is 33.5. The molecule has 0 unspecified atom stereocenters. The van der Waals surface area contributed by atoms with Crippen molar-refractivity contribution in [1.82, 2.24) is 9.97 Å². The van der Waals surface area contributed by atoms with Crippen molar-refractivity contribution < 1.29 is 14.3 Å². The number of carbonyl (C=O) groups is 2. The number of hydrogen-bond acceptors (Lipinski definition) is 6. The normalized spacial score (nSPS) is 15.4. The first-order chi connectivity index (χ1) is 12.0. The molecule has 1 aliphatic rings. The van der Waals surface area contributed by atoms with Crippen molar-refractivity contribution in [3.05, 3.63) is 12.4 Å². The maximum absolute atomic E-state index is 11.7. The molecule has 0 radical (unpaired) electrons. The molecule has 1 aromatic rings. The third-order valence-corrected chi connectivity index (χ3v) is 4.63. The van der Waals surface area contributed by atoms with Gasteiger partial charge in [0, 0.05) is 25.4 Å². The molecule has 0 bridgehead atoms. The van der Waals surface area contributed by atoms with Crippen LogP contribution < -0.4 is 9.64 Å². The molecule has 6 heteroatoms. The van der Waals surface area contributed by atoms with Crippen molar-refractivity contribution in [3.8, 4) is 5.75 Å². The Morgan fingerprint density at radius 3 is 2.44 bits per heavy atom. The average molecular weight is 347 g/mol. The minimum Gasteiger partial charge on any atom is -0.483 e. The fourth-order valence-corrected chi connectivity index (χ4v) is 3.01. The molecule has 0 amide bonds. The van der Waals surface area contributed by atoms with Crippen LogP contribution in [0, 0.1) is 11.8 Å². The molecule has 1 fully saturated rings. The van der Waals surface area contributed by atoms with Gasteiger partial charge in [-0.3, -0.25) is 9.59 Å². The van der Waals surface area contributed by atoms with Crippen molar-refractivity contribution in [2.24, 2.45) is 11.8 Å². The number of anilines is 1. The van der Waals surface area contributed by atoms with Crippen molar-refractivity contribution >= 4 is 17.5 Å². The summed E-state index contributed by atoms with van der Waals surface area (Å²) in [6.07, 6.45) is 8.31. The van der Waals surface area contributed by atoms with E-state index in [1.807, 2.05) is 13.8 Å². The number of ether oxygens (including phenoxy) is 1. The van der Waals surface area contributed by atoms with Gasteiger partial charge >= 0.3 is 0 Å². The zero-order valence-corrected chi connectivity index (χ0v) is 15.5. The SMILES string of the molecule is CC(=O)COc1cnc(N2CCC(CCCC(=O)C(C)C)CC2)nc1. The Morgan fingerprint density at radius 2 is 1.88 bits per heavy atom. The summed E-state index contributed by atoms with van der Waals surface area (Å²) in [6.45, 7) is 7.35. The van der Waals surface area contributed by atoms with E-state index in [0.29, 0.717) is 29.8 Å². The second kappa shape index (κ2) is 9.49. The summed E-state index contributed by atoms with van der Waals surface area (Å²) in [5.74, 6) is 2.42. The lowest BCUT2D eigenvalue weighted by atomic mass is 9.90. The van der Waals surface area contributed by atoms with E-state index in [0.717, 1.165) is 38.8 Å². The van der Waals surface area contributed by atoms with Crippen LogP contribution in [-0.2, 0) is 9.59 Å². The lowest BCUT2D eigenvalue weighted by Gasteiger charge is -2.32. The summed E-state index contributed by atoms with van der Waals surface area (Å²) in [5, 5.41) is 0. The van der Waals surface area contributed by atoms with Crippen molar-refractivity contribution in [2.45, 2.75) is 52.9 Å². The number of ketones is 2. The number of Topliss-reactive ketones (excluding diaryl/α,β-unsaturated/α-hetero) is 2. The van der Waals surface area contributed by atoms with Crippen molar-refractivity contribution in [1.29, 1.82) is 0 Å². The zero-order chi connectivity index (χ0) is 18.2. The molecule has 138 valence electrons. The largest absolute Gasteiger partial charge is 0.483 e. The topological polar surface area (TPSA) is 72.4 Å². The Kier molecular flexibility index (Phi) is 7.34. The van der Waals surface area contributed by atoms with Gasteiger partial charge in [0.1, 0.15) is 12.4 Å². The minimum atomic E-state index is -0.0266. The van der Waals surface area contributed by atoms with Crippen LogP contribution in [0.3, 0.4) is 0 Å². The molecule has 25 heavy (non-hydrogen) atoms.